The number of rotatable bonds is 8. The summed E-state index contributed by atoms with van der Waals surface area (Å²) in [5.41, 5.74) is 2.44. The quantitative estimate of drug-likeness (QED) is 0.516. The van der Waals surface area contributed by atoms with Gasteiger partial charge in [0.2, 0.25) is 11.7 Å². The molecule has 3 rings (SSSR count). The molecule has 0 aliphatic heterocycles. The second kappa shape index (κ2) is 9.70. The molecule has 9 heteroatoms. The molecule has 0 saturated heterocycles. The Morgan fingerprint density at radius 3 is 2.45 bits per heavy atom. The number of ether oxygens (including phenoxy) is 3. The molecule has 2 aromatic carbocycles. The minimum atomic E-state index is -0.230. The molecule has 164 valence electrons. The molecule has 0 radical (unpaired) electrons. The van der Waals surface area contributed by atoms with E-state index in [0.717, 1.165) is 11.1 Å². The maximum absolute atomic E-state index is 12.5. The van der Waals surface area contributed by atoms with E-state index in [9.17, 15) is 4.79 Å². The standard InChI is InChI=1S/C22H24ClN3O5/c1-13-8-16(9-14(2)21(13)23)30-12-20(27)26(3)11-19-24-22(25-31-19)17-7-6-15(28-4)10-18(17)29-5/h6-10H,11-12H2,1-5H3. The van der Waals surface area contributed by atoms with Gasteiger partial charge in [-0.25, -0.2) is 0 Å². The molecule has 1 heterocycles. The van der Waals surface area contributed by atoms with Crippen molar-refractivity contribution < 1.29 is 23.5 Å². The zero-order valence-corrected chi connectivity index (χ0v) is 18.8. The SMILES string of the molecule is COc1ccc(-c2noc(CN(C)C(=O)COc3cc(C)c(Cl)c(C)c3)n2)c(OC)c1. The van der Waals surface area contributed by atoms with Crippen LogP contribution in [0.3, 0.4) is 0 Å². The first-order valence-corrected chi connectivity index (χ1v) is 9.88. The predicted octanol–water partition coefficient (Wildman–Crippen LogP) is 4.06. The monoisotopic (exact) mass is 445 g/mol. The molecule has 0 saturated carbocycles. The van der Waals surface area contributed by atoms with Gasteiger partial charge in [-0.05, 0) is 49.2 Å². The number of carbonyl (C=O) groups is 1. The molecular formula is C22H24ClN3O5. The summed E-state index contributed by atoms with van der Waals surface area (Å²) in [7, 11) is 4.77. The molecule has 0 spiro atoms. The van der Waals surface area contributed by atoms with E-state index in [0.29, 0.717) is 39.5 Å². The lowest BCUT2D eigenvalue weighted by atomic mass is 10.1. The van der Waals surface area contributed by atoms with Gasteiger partial charge in [0.15, 0.2) is 6.61 Å². The van der Waals surface area contributed by atoms with E-state index < -0.39 is 0 Å². The van der Waals surface area contributed by atoms with Crippen molar-refractivity contribution in [2.24, 2.45) is 0 Å². The lowest BCUT2D eigenvalue weighted by Crippen LogP contribution is -2.31. The van der Waals surface area contributed by atoms with Gasteiger partial charge in [-0.3, -0.25) is 4.79 Å². The van der Waals surface area contributed by atoms with E-state index in [4.69, 9.17) is 30.3 Å². The maximum Gasteiger partial charge on any atom is 0.260 e. The normalized spacial score (nSPS) is 10.6. The van der Waals surface area contributed by atoms with Gasteiger partial charge < -0.3 is 23.6 Å². The van der Waals surface area contributed by atoms with Crippen LogP contribution in [-0.2, 0) is 11.3 Å². The van der Waals surface area contributed by atoms with Crippen molar-refractivity contribution in [3.8, 4) is 28.6 Å². The third-order valence-corrected chi connectivity index (χ3v) is 5.28. The van der Waals surface area contributed by atoms with Gasteiger partial charge in [0.05, 0.1) is 26.3 Å². The Morgan fingerprint density at radius 2 is 1.81 bits per heavy atom. The van der Waals surface area contributed by atoms with Crippen LogP contribution >= 0.6 is 11.6 Å². The highest BCUT2D eigenvalue weighted by Crippen LogP contribution is 2.31. The molecule has 0 aliphatic rings. The molecule has 1 amide bonds. The van der Waals surface area contributed by atoms with E-state index in [1.54, 1.807) is 51.6 Å². The van der Waals surface area contributed by atoms with E-state index in [1.165, 1.54) is 4.90 Å². The summed E-state index contributed by atoms with van der Waals surface area (Å²) >= 11 is 6.17. The highest BCUT2D eigenvalue weighted by Gasteiger charge is 2.18. The van der Waals surface area contributed by atoms with Gasteiger partial charge in [-0.1, -0.05) is 16.8 Å². The molecule has 0 bridgehead atoms. The molecule has 31 heavy (non-hydrogen) atoms. The Kier molecular flexibility index (Phi) is 7.02. The summed E-state index contributed by atoms with van der Waals surface area (Å²) in [5, 5.41) is 4.69. The van der Waals surface area contributed by atoms with E-state index in [2.05, 4.69) is 10.1 Å². The molecule has 0 aliphatic carbocycles. The second-order valence-electron chi connectivity index (χ2n) is 6.99. The predicted molar refractivity (Wildman–Crippen MR) is 116 cm³/mol. The number of benzene rings is 2. The maximum atomic E-state index is 12.5. The van der Waals surface area contributed by atoms with Crippen LogP contribution in [-0.4, -0.2) is 48.8 Å². The Hall–Kier alpha value is -3.26. The highest BCUT2D eigenvalue weighted by molar-refractivity contribution is 6.32. The number of amides is 1. The molecule has 8 nitrogen and oxygen atoms in total. The van der Waals surface area contributed by atoms with Gasteiger partial charge >= 0.3 is 0 Å². The fourth-order valence-corrected chi connectivity index (χ4v) is 3.06. The first-order chi connectivity index (χ1) is 14.8. The number of aromatic nitrogens is 2. The molecule has 1 aromatic heterocycles. The summed E-state index contributed by atoms with van der Waals surface area (Å²) in [6, 6.07) is 8.90. The molecule has 0 unspecified atom stereocenters. The van der Waals surface area contributed by atoms with Crippen LogP contribution in [0.4, 0.5) is 0 Å². The number of hydrogen-bond acceptors (Lipinski definition) is 7. The van der Waals surface area contributed by atoms with Gasteiger partial charge in [0.25, 0.3) is 5.91 Å². The number of hydrogen-bond donors (Lipinski definition) is 0. The number of likely N-dealkylation sites (N-methyl/N-ethyl adjacent to an activating group) is 1. The van der Waals surface area contributed by atoms with Crippen molar-refractivity contribution in [1.82, 2.24) is 15.0 Å². The fourth-order valence-electron chi connectivity index (χ4n) is 2.95. The van der Waals surface area contributed by atoms with Gasteiger partial charge in [0.1, 0.15) is 17.2 Å². The summed E-state index contributed by atoms with van der Waals surface area (Å²) in [4.78, 5) is 18.3. The Bertz CT molecular complexity index is 1060. The minimum Gasteiger partial charge on any atom is -0.497 e. The van der Waals surface area contributed by atoms with Crippen LogP contribution in [0, 0.1) is 13.8 Å². The van der Waals surface area contributed by atoms with Crippen LogP contribution in [0.1, 0.15) is 17.0 Å². The first-order valence-electron chi connectivity index (χ1n) is 9.51. The number of aryl methyl sites for hydroxylation is 2. The third-order valence-electron chi connectivity index (χ3n) is 4.69. The smallest absolute Gasteiger partial charge is 0.260 e. The van der Waals surface area contributed by atoms with Crippen molar-refractivity contribution in [2.45, 2.75) is 20.4 Å². The highest BCUT2D eigenvalue weighted by atomic mass is 35.5. The van der Waals surface area contributed by atoms with Gasteiger partial charge in [-0.2, -0.15) is 4.98 Å². The number of nitrogens with zero attached hydrogens (tertiary/aromatic N) is 3. The van der Waals surface area contributed by atoms with Gasteiger partial charge in [0, 0.05) is 18.1 Å². The summed E-state index contributed by atoms with van der Waals surface area (Å²) < 4.78 is 21.5. The molecule has 0 N–H and O–H groups in total. The van der Waals surface area contributed by atoms with Crippen LogP contribution < -0.4 is 14.2 Å². The van der Waals surface area contributed by atoms with E-state index >= 15 is 0 Å². The van der Waals surface area contributed by atoms with Gasteiger partial charge in [-0.15, -0.1) is 0 Å². The molecule has 3 aromatic rings. The Labute approximate surface area is 185 Å². The zero-order chi connectivity index (χ0) is 22.5. The summed E-state index contributed by atoms with van der Waals surface area (Å²) in [6.07, 6.45) is 0. The third kappa shape index (κ3) is 5.27. The topological polar surface area (TPSA) is 86.9 Å². The van der Waals surface area contributed by atoms with Crippen molar-refractivity contribution in [3.63, 3.8) is 0 Å². The first kappa shape index (κ1) is 22.4. The lowest BCUT2D eigenvalue weighted by Gasteiger charge is -2.16. The number of halogens is 1. The lowest BCUT2D eigenvalue weighted by molar-refractivity contribution is -0.132. The van der Waals surface area contributed by atoms with Crippen molar-refractivity contribution in [2.75, 3.05) is 27.9 Å². The molecular weight excluding hydrogens is 422 g/mol. The van der Waals surface area contributed by atoms with Crippen molar-refractivity contribution >= 4 is 17.5 Å². The largest absolute Gasteiger partial charge is 0.497 e. The van der Waals surface area contributed by atoms with Crippen LogP contribution in [0.25, 0.3) is 11.4 Å². The summed E-state index contributed by atoms with van der Waals surface area (Å²) in [6.45, 7) is 3.80. The number of carbonyl (C=O) groups excluding carboxylic acids is 1. The number of methoxy groups -OCH3 is 2. The van der Waals surface area contributed by atoms with E-state index in [1.807, 2.05) is 13.8 Å². The average molecular weight is 446 g/mol. The Balaban J connectivity index is 1.63. The molecule has 0 atom stereocenters. The summed E-state index contributed by atoms with van der Waals surface area (Å²) in [5.74, 6) is 2.22. The minimum absolute atomic E-state index is 0.121. The van der Waals surface area contributed by atoms with Crippen LogP contribution in [0.15, 0.2) is 34.9 Å². The fraction of sp³-hybridized carbons (Fsp3) is 0.318. The van der Waals surface area contributed by atoms with Crippen molar-refractivity contribution in [1.29, 1.82) is 0 Å². The second-order valence-corrected chi connectivity index (χ2v) is 7.37. The van der Waals surface area contributed by atoms with Crippen LogP contribution in [0.2, 0.25) is 5.02 Å². The zero-order valence-electron chi connectivity index (χ0n) is 18.1. The van der Waals surface area contributed by atoms with E-state index in [-0.39, 0.29) is 19.1 Å². The van der Waals surface area contributed by atoms with Crippen LogP contribution in [0.5, 0.6) is 17.2 Å². The van der Waals surface area contributed by atoms with Crippen molar-refractivity contribution in [3.05, 3.63) is 52.4 Å². The Morgan fingerprint density at radius 1 is 1.10 bits per heavy atom. The molecule has 0 fully saturated rings. The average Bonchev–Trinajstić information content (AvgIpc) is 3.23.